The summed E-state index contributed by atoms with van der Waals surface area (Å²) in [5.74, 6) is 0.458. The second-order valence-corrected chi connectivity index (χ2v) is 6.54. The van der Waals surface area contributed by atoms with Gasteiger partial charge in [0.2, 0.25) is 5.91 Å². The lowest BCUT2D eigenvalue weighted by Crippen LogP contribution is -2.52. The summed E-state index contributed by atoms with van der Waals surface area (Å²) in [6, 6.07) is 7.16. The molecule has 1 aromatic carbocycles. The Morgan fingerprint density at radius 2 is 1.50 bits per heavy atom. The van der Waals surface area contributed by atoms with Crippen LogP contribution in [0.2, 0.25) is 0 Å². The number of benzene rings is 1. The topological polar surface area (TPSA) is 66.6 Å². The molecule has 0 unspecified atom stereocenters. The molecule has 0 aromatic heterocycles. The monoisotopic (exact) mass is 351 g/mol. The predicted molar refractivity (Wildman–Crippen MR) is 97.2 cm³/mol. The number of carbonyl (C=O) groups is 2. The van der Waals surface area contributed by atoms with E-state index in [0.29, 0.717) is 37.4 Å². The van der Waals surface area contributed by atoms with Crippen LogP contribution < -0.4 is 5.73 Å². The minimum atomic E-state index is -0.0344. The number of carbonyl (C=O) groups excluding carboxylic acids is 2. The highest BCUT2D eigenvalue weighted by Crippen LogP contribution is 2.26. The summed E-state index contributed by atoms with van der Waals surface area (Å²) in [4.78, 5) is 28.8. The molecule has 0 radical (unpaired) electrons. The third-order valence-corrected chi connectivity index (χ3v) is 5.02. The smallest absolute Gasteiger partial charge is 0.256 e. The number of rotatable bonds is 2. The Morgan fingerprint density at radius 1 is 0.917 bits per heavy atom. The summed E-state index contributed by atoms with van der Waals surface area (Å²) >= 11 is 0. The molecule has 0 atom stereocenters. The molecule has 3 rings (SSSR count). The van der Waals surface area contributed by atoms with Crippen LogP contribution in [-0.2, 0) is 4.79 Å². The maximum absolute atomic E-state index is 12.6. The molecule has 1 aliphatic heterocycles. The lowest BCUT2D eigenvalue weighted by atomic mass is 9.88. The maximum atomic E-state index is 12.6. The molecule has 24 heavy (non-hydrogen) atoms. The van der Waals surface area contributed by atoms with E-state index in [2.05, 4.69) is 0 Å². The fourth-order valence-corrected chi connectivity index (χ4v) is 3.60. The van der Waals surface area contributed by atoms with E-state index in [1.165, 1.54) is 19.3 Å². The van der Waals surface area contributed by atoms with E-state index >= 15 is 0 Å². The lowest BCUT2D eigenvalue weighted by Gasteiger charge is -2.37. The van der Waals surface area contributed by atoms with Gasteiger partial charge in [-0.25, -0.2) is 0 Å². The zero-order valence-corrected chi connectivity index (χ0v) is 14.8. The first-order valence-electron chi connectivity index (χ1n) is 8.59. The van der Waals surface area contributed by atoms with Crippen LogP contribution in [0.15, 0.2) is 24.3 Å². The van der Waals surface area contributed by atoms with Crippen LogP contribution in [0.4, 0.5) is 5.69 Å². The molecule has 2 fully saturated rings. The number of hydrogen-bond acceptors (Lipinski definition) is 3. The summed E-state index contributed by atoms with van der Waals surface area (Å²) < 4.78 is 0. The van der Waals surface area contributed by atoms with Crippen LogP contribution in [0.25, 0.3) is 0 Å². The number of piperazine rings is 1. The predicted octanol–water partition coefficient (Wildman–Crippen LogP) is 2.56. The second-order valence-electron chi connectivity index (χ2n) is 6.54. The minimum Gasteiger partial charge on any atom is -0.398 e. The molecule has 0 spiro atoms. The third-order valence-electron chi connectivity index (χ3n) is 5.02. The number of hydrogen-bond donors (Lipinski definition) is 1. The second kappa shape index (κ2) is 8.38. The summed E-state index contributed by atoms with van der Waals surface area (Å²) in [6.07, 6.45) is 5.64. The van der Waals surface area contributed by atoms with Gasteiger partial charge in [-0.3, -0.25) is 9.59 Å². The van der Waals surface area contributed by atoms with Crippen LogP contribution in [0.5, 0.6) is 0 Å². The van der Waals surface area contributed by atoms with Gasteiger partial charge < -0.3 is 15.5 Å². The van der Waals surface area contributed by atoms with Crippen molar-refractivity contribution in [2.24, 2.45) is 5.92 Å². The zero-order chi connectivity index (χ0) is 16.2. The number of nitrogens with zero attached hydrogens (tertiary/aromatic N) is 2. The Morgan fingerprint density at radius 3 is 2.12 bits per heavy atom. The SMILES string of the molecule is Cl.Nc1ccccc1C(=O)N1CCN(C(=O)C2CCCCC2)CC1. The Hall–Kier alpha value is -1.75. The largest absolute Gasteiger partial charge is 0.398 e. The normalized spacial score (nSPS) is 18.8. The number of nitrogen functional groups attached to an aromatic ring is 1. The van der Waals surface area contributed by atoms with Crippen molar-refractivity contribution in [1.29, 1.82) is 0 Å². The Balaban J connectivity index is 0.00000208. The van der Waals surface area contributed by atoms with E-state index in [1.807, 2.05) is 17.0 Å². The van der Waals surface area contributed by atoms with Crippen molar-refractivity contribution in [3.8, 4) is 0 Å². The van der Waals surface area contributed by atoms with Gasteiger partial charge in [-0.15, -0.1) is 12.4 Å². The molecular formula is C18H26ClN3O2. The molecule has 0 bridgehead atoms. The third kappa shape index (κ3) is 4.01. The minimum absolute atomic E-state index is 0. The Kier molecular flexibility index (Phi) is 6.49. The van der Waals surface area contributed by atoms with Crippen molar-refractivity contribution in [3.63, 3.8) is 0 Å². The van der Waals surface area contributed by atoms with E-state index in [1.54, 1.807) is 17.0 Å². The van der Waals surface area contributed by atoms with Crippen LogP contribution in [0, 0.1) is 5.92 Å². The van der Waals surface area contributed by atoms with E-state index in [9.17, 15) is 9.59 Å². The molecule has 2 amide bonds. The average molecular weight is 352 g/mol. The molecular weight excluding hydrogens is 326 g/mol. The van der Waals surface area contributed by atoms with E-state index in [4.69, 9.17) is 5.73 Å². The van der Waals surface area contributed by atoms with Crippen molar-refractivity contribution in [3.05, 3.63) is 29.8 Å². The van der Waals surface area contributed by atoms with Gasteiger partial charge in [-0.1, -0.05) is 31.4 Å². The molecule has 2 aliphatic rings. The van der Waals surface area contributed by atoms with E-state index in [-0.39, 0.29) is 30.1 Å². The van der Waals surface area contributed by atoms with Gasteiger partial charge in [0.1, 0.15) is 0 Å². The molecule has 1 saturated heterocycles. The first-order chi connectivity index (χ1) is 11.2. The van der Waals surface area contributed by atoms with E-state index in [0.717, 1.165) is 12.8 Å². The van der Waals surface area contributed by atoms with Crippen molar-refractivity contribution >= 4 is 29.9 Å². The number of anilines is 1. The van der Waals surface area contributed by atoms with Gasteiger partial charge in [0.25, 0.3) is 5.91 Å². The number of para-hydroxylation sites is 1. The van der Waals surface area contributed by atoms with Gasteiger partial charge in [0, 0.05) is 37.8 Å². The van der Waals surface area contributed by atoms with E-state index < -0.39 is 0 Å². The Bertz CT molecular complexity index is 579. The Labute approximate surface area is 149 Å². The molecule has 132 valence electrons. The van der Waals surface area contributed by atoms with Crippen molar-refractivity contribution < 1.29 is 9.59 Å². The van der Waals surface area contributed by atoms with Gasteiger partial charge in [-0.05, 0) is 25.0 Å². The zero-order valence-electron chi connectivity index (χ0n) is 13.9. The lowest BCUT2D eigenvalue weighted by molar-refractivity contribution is -0.138. The van der Waals surface area contributed by atoms with Crippen molar-refractivity contribution in [1.82, 2.24) is 9.80 Å². The maximum Gasteiger partial charge on any atom is 0.256 e. The molecule has 5 nitrogen and oxygen atoms in total. The van der Waals surface area contributed by atoms with Gasteiger partial charge in [0.15, 0.2) is 0 Å². The van der Waals surface area contributed by atoms with Gasteiger partial charge >= 0.3 is 0 Å². The van der Waals surface area contributed by atoms with Crippen LogP contribution in [0.3, 0.4) is 0 Å². The van der Waals surface area contributed by atoms with Gasteiger partial charge in [0.05, 0.1) is 5.56 Å². The molecule has 6 heteroatoms. The summed E-state index contributed by atoms with van der Waals surface area (Å²) in [5, 5.41) is 0. The fourth-order valence-electron chi connectivity index (χ4n) is 3.60. The highest BCUT2D eigenvalue weighted by Gasteiger charge is 2.30. The molecule has 2 N–H and O–H groups in total. The van der Waals surface area contributed by atoms with Crippen LogP contribution >= 0.6 is 12.4 Å². The summed E-state index contributed by atoms with van der Waals surface area (Å²) in [5.41, 5.74) is 6.96. The van der Waals surface area contributed by atoms with Crippen molar-refractivity contribution in [2.45, 2.75) is 32.1 Å². The highest BCUT2D eigenvalue weighted by atomic mass is 35.5. The number of halogens is 1. The quantitative estimate of drug-likeness (QED) is 0.833. The summed E-state index contributed by atoms with van der Waals surface area (Å²) in [6.45, 7) is 2.44. The first-order valence-corrected chi connectivity index (χ1v) is 8.59. The van der Waals surface area contributed by atoms with Crippen LogP contribution in [-0.4, -0.2) is 47.8 Å². The van der Waals surface area contributed by atoms with Gasteiger partial charge in [-0.2, -0.15) is 0 Å². The summed E-state index contributed by atoms with van der Waals surface area (Å²) in [7, 11) is 0. The molecule has 1 heterocycles. The molecule has 1 saturated carbocycles. The van der Waals surface area contributed by atoms with Crippen molar-refractivity contribution in [2.75, 3.05) is 31.9 Å². The van der Waals surface area contributed by atoms with Crippen LogP contribution in [0.1, 0.15) is 42.5 Å². The molecule has 1 aliphatic carbocycles. The first kappa shape index (κ1) is 18.6. The standard InChI is InChI=1S/C18H25N3O2.ClH/c19-16-9-5-4-8-15(16)18(23)21-12-10-20(11-13-21)17(22)14-6-2-1-3-7-14;/h4-5,8-9,14H,1-3,6-7,10-13,19H2;1H. The fraction of sp³-hybridized carbons (Fsp3) is 0.556. The number of amides is 2. The average Bonchev–Trinajstić information content (AvgIpc) is 2.62. The number of nitrogens with two attached hydrogens (primary N) is 1. The highest BCUT2D eigenvalue weighted by molar-refractivity contribution is 5.99. The molecule has 1 aromatic rings.